The molecule has 0 saturated carbocycles. The van der Waals surface area contributed by atoms with E-state index >= 15 is 0 Å². The summed E-state index contributed by atoms with van der Waals surface area (Å²) in [6.45, 7) is 14.3. The predicted molar refractivity (Wildman–Crippen MR) is 91.3 cm³/mol. The van der Waals surface area contributed by atoms with Gasteiger partial charge in [0.05, 0.1) is 12.3 Å². The molecule has 0 aliphatic heterocycles. The summed E-state index contributed by atoms with van der Waals surface area (Å²) in [5, 5.41) is 0. The average molecular weight is 456 g/mol. The second-order valence-corrected chi connectivity index (χ2v) is 15.3. The van der Waals surface area contributed by atoms with Crippen molar-refractivity contribution in [2.75, 3.05) is 25.7 Å². The molecule has 0 aromatic rings. The quantitative estimate of drug-likeness (QED) is 0.486. The molecule has 0 saturated heterocycles. The lowest BCUT2D eigenvalue weighted by molar-refractivity contribution is -0.0476. The summed E-state index contributed by atoms with van der Waals surface area (Å²) in [7, 11) is -13.7. The van der Waals surface area contributed by atoms with Gasteiger partial charge in [-0.2, -0.15) is 26.3 Å². The van der Waals surface area contributed by atoms with E-state index in [1.807, 2.05) is 0 Å². The summed E-state index contributed by atoms with van der Waals surface area (Å²) in [6.07, 6.45) is 2.93. The minimum Gasteiger partial charge on any atom is -0.202 e. The molecule has 14 heteroatoms. The van der Waals surface area contributed by atoms with Gasteiger partial charge >= 0.3 is 31.1 Å². The van der Waals surface area contributed by atoms with Crippen LogP contribution in [-0.2, 0) is 20.0 Å². The van der Waals surface area contributed by atoms with Gasteiger partial charge < -0.3 is 0 Å². The third-order valence-corrected chi connectivity index (χ3v) is 8.96. The minimum absolute atomic E-state index is 0.493. The Morgan fingerprint density at radius 3 is 1.12 bits per heavy atom. The third kappa shape index (κ3) is 10.9. The van der Waals surface area contributed by atoms with Crippen LogP contribution in [0.4, 0.5) is 26.3 Å². The fourth-order valence-corrected chi connectivity index (χ4v) is 8.30. The number of hydrogen-bond donors (Lipinski definition) is 1. The Morgan fingerprint density at radius 1 is 0.731 bits per heavy atom. The highest BCUT2D eigenvalue weighted by molar-refractivity contribution is 8.05. The Kier molecular flexibility index (Phi) is 10.1. The lowest BCUT2D eigenvalue weighted by Gasteiger charge is -2.21. The lowest BCUT2D eigenvalue weighted by Crippen LogP contribution is -2.45. The van der Waals surface area contributed by atoms with E-state index in [2.05, 4.69) is 41.0 Å². The van der Waals surface area contributed by atoms with Crippen LogP contribution in [0.3, 0.4) is 0 Å². The maximum absolute atomic E-state index is 11.5. The molecule has 0 aromatic carbocycles. The Balaban J connectivity index is 0. The standard InChI is InChI=1S/C10H24P.C2HF6NO4S2/c1-9(2)7-11(5,6)8-10(3)4;3-1(4,5)14(10,11)9-15(12,13)2(6,7)8/h9-10H,7-8H2,1-6H3;9H/q+1;. The molecule has 0 amide bonds. The fraction of sp³-hybridized carbons (Fsp3) is 1.00. The number of halogens is 6. The molecule has 0 fully saturated rings. The molecule has 0 aliphatic carbocycles. The van der Waals surface area contributed by atoms with Crippen molar-refractivity contribution in [1.29, 1.82) is 0 Å². The van der Waals surface area contributed by atoms with Crippen LogP contribution >= 0.6 is 7.26 Å². The van der Waals surface area contributed by atoms with Crippen molar-refractivity contribution in [3.63, 3.8) is 0 Å². The fourth-order valence-electron chi connectivity index (χ4n) is 2.29. The maximum atomic E-state index is 11.5. The molecule has 0 aliphatic rings. The van der Waals surface area contributed by atoms with Gasteiger partial charge in [0.1, 0.15) is 0 Å². The summed E-state index contributed by atoms with van der Waals surface area (Å²) >= 11 is 0. The van der Waals surface area contributed by atoms with Gasteiger partial charge in [-0.3, -0.25) is 0 Å². The highest BCUT2D eigenvalue weighted by Crippen LogP contribution is 2.53. The van der Waals surface area contributed by atoms with E-state index in [4.69, 9.17) is 0 Å². The van der Waals surface area contributed by atoms with Gasteiger partial charge in [0.2, 0.25) is 0 Å². The summed E-state index contributed by atoms with van der Waals surface area (Å²) < 4.78 is 108. The first-order valence-electron chi connectivity index (χ1n) is 7.27. The molecule has 0 atom stereocenters. The van der Waals surface area contributed by atoms with E-state index < -0.39 is 42.5 Å². The SMILES string of the molecule is CC(C)C[P+](C)(C)CC(C)C.O=S(=O)(NS(=O)(=O)C(F)(F)F)C(F)(F)F. The normalized spacial score (nSPS) is 14.4. The van der Waals surface area contributed by atoms with Crippen LogP contribution in [-0.4, -0.2) is 53.5 Å². The molecule has 0 heterocycles. The maximum Gasteiger partial charge on any atom is 0.512 e. The van der Waals surface area contributed by atoms with Gasteiger partial charge in [-0.05, 0) is 11.8 Å². The summed E-state index contributed by atoms with van der Waals surface area (Å²) in [6, 6.07) is 0. The Labute approximate surface area is 151 Å². The van der Waals surface area contributed by atoms with Gasteiger partial charge in [0.15, 0.2) is 0 Å². The second kappa shape index (κ2) is 9.38. The molecular formula is C12H25F6NO4PS2+. The van der Waals surface area contributed by atoms with Gasteiger partial charge in [0, 0.05) is 20.6 Å². The van der Waals surface area contributed by atoms with Gasteiger partial charge in [0.25, 0.3) is 0 Å². The van der Waals surface area contributed by atoms with Crippen LogP contribution in [0.15, 0.2) is 0 Å². The van der Waals surface area contributed by atoms with Crippen molar-refractivity contribution in [2.45, 2.75) is 38.7 Å². The number of rotatable bonds is 6. The summed E-state index contributed by atoms with van der Waals surface area (Å²) in [5.74, 6) is 1.77. The largest absolute Gasteiger partial charge is 0.512 e. The smallest absolute Gasteiger partial charge is 0.202 e. The second-order valence-electron chi connectivity index (χ2n) is 7.07. The molecule has 0 unspecified atom stereocenters. The van der Waals surface area contributed by atoms with E-state index in [1.165, 1.54) is 12.3 Å². The van der Waals surface area contributed by atoms with Crippen molar-refractivity contribution in [1.82, 2.24) is 4.13 Å². The van der Waals surface area contributed by atoms with E-state index in [1.54, 1.807) is 0 Å². The molecule has 26 heavy (non-hydrogen) atoms. The Hall–Kier alpha value is -0.130. The molecule has 5 nitrogen and oxygen atoms in total. The molecule has 0 rings (SSSR count). The zero-order valence-electron chi connectivity index (χ0n) is 15.2. The van der Waals surface area contributed by atoms with Crippen LogP contribution in [0, 0.1) is 11.8 Å². The molecule has 0 radical (unpaired) electrons. The van der Waals surface area contributed by atoms with Crippen molar-refractivity contribution < 1.29 is 43.2 Å². The highest BCUT2D eigenvalue weighted by atomic mass is 32.3. The first kappa shape index (κ1) is 28.1. The number of alkyl halides is 6. The van der Waals surface area contributed by atoms with E-state index in [9.17, 15) is 43.2 Å². The topological polar surface area (TPSA) is 80.3 Å². The molecule has 0 bridgehead atoms. The monoisotopic (exact) mass is 456 g/mol. The van der Waals surface area contributed by atoms with E-state index in [-0.39, 0.29) is 0 Å². The molecular weight excluding hydrogens is 431 g/mol. The minimum atomic E-state index is -6.60. The van der Waals surface area contributed by atoms with E-state index in [0.717, 1.165) is 11.8 Å². The molecule has 1 N–H and O–H groups in total. The Bertz CT molecular complexity index is 586. The van der Waals surface area contributed by atoms with Crippen molar-refractivity contribution in [3.05, 3.63) is 0 Å². The van der Waals surface area contributed by atoms with E-state index in [0.29, 0.717) is 0 Å². The highest BCUT2D eigenvalue weighted by Gasteiger charge is 2.55. The van der Waals surface area contributed by atoms with Gasteiger partial charge in [-0.25, -0.2) is 16.8 Å². The van der Waals surface area contributed by atoms with Crippen molar-refractivity contribution >= 4 is 27.3 Å². The predicted octanol–water partition coefficient (Wildman–Crippen LogP) is 3.85. The van der Waals surface area contributed by atoms with Crippen molar-refractivity contribution in [3.8, 4) is 0 Å². The van der Waals surface area contributed by atoms with Gasteiger partial charge in [-0.15, -0.1) is 0 Å². The first-order valence-corrected chi connectivity index (χ1v) is 13.3. The van der Waals surface area contributed by atoms with Crippen LogP contribution in [0.2, 0.25) is 0 Å². The first-order chi connectivity index (χ1) is 11.0. The van der Waals surface area contributed by atoms with Crippen LogP contribution in [0.5, 0.6) is 0 Å². The average Bonchev–Trinajstić information content (AvgIpc) is 2.19. The van der Waals surface area contributed by atoms with Crippen molar-refractivity contribution in [2.24, 2.45) is 11.8 Å². The zero-order chi connectivity index (χ0) is 21.8. The molecule has 0 aromatic heterocycles. The third-order valence-electron chi connectivity index (χ3n) is 2.55. The van der Waals surface area contributed by atoms with Crippen LogP contribution < -0.4 is 4.13 Å². The Morgan fingerprint density at radius 2 is 0.962 bits per heavy atom. The summed E-state index contributed by atoms with van der Waals surface area (Å²) in [5.41, 5.74) is -12.3. The zero-order valence-corrected chi connectivity index (χ0v) is 17.8. The van der Waals surface area contributed by atoms with Gasteiger partial charge in [-0.1, -0.05) is 31.8 Å². The number of nitrogens with one attached hydrogen (secondary N) is 1. The molecule has 0 spiro atoms. The lowest BCUT2D eigenvalue weighted by atomic mass is 10.3. The number of sulfonamides is 2. The molecule has 160 valence electrons. The summed E-state index contributed by atoms with van der Waals surface area (Å²) in [4.78, 5) is 0. The van der Waals surface area contributed by atoms with Crippen LogP contribution in [0.1, 0.15) is 27.7 Å². The number of hydrogen-bond acceptors (Lipinski definition) is 4. The van der Waals surface area contributed by atoms with Crippen LogP contribution in [0.25, 0.3) is 0 Å².